The lowest BCUT2D eigenvalue weighted by Crippen LogP contribution is -2.45. The monoisotopic (exact) mass is 483 g/mol. The highest BCUT2D eigenvalue weighted by molar-refractivity contribution is 7.17. The minimum Gasteiger partial charge on any atom is -0.361 e. The van der Waals surface area contributed by atoms with Crippen LogP contribution in [0.25, 0.3) is 10.9 Å². The van der Waals surface area contributed by atoms with Gasteiger partial charge in [-0.1, -0.05) is 43.4 Å². The molecule has 1 fully saturated rings. The number of rotatable bonds is 8. The predicted molar refractivity (Wildman–Crippen MR) is 136 cm³/mol. The number of hydrogen-bond acceptors (Lipinski definition) is 6. The van der Waals surface area contributed by atoms with E-state index in [1.807, 2.05) is 30.5 Å². The van der Waals surface area contributed by atoms with E-state index < -0.39 is 6.17 Å². The molecule has 0 saturated carbocycles. The summed E-state index contributed by atoms with van der Waals surface area (Å²) < 4.78 is 0. The van der Waals surface area contributed by atoms with E-state index >= 15 is 0 Å². The maximum atomic E-state index is 13.2. The summed E-state index contributed by atoms with van der Waals surface area (Å²) in [4.78, 5) is 38.5. The van der Waals surface area contributed by atoms with E-state index in [1.165, 1.54) is 11.3 Å². The molecule has 34 heavy (non-hydrogen) atoms. The molecular formula is C24H33N7O2S. The molecule has 0 bridgehead atoms. The Morgan fingerprint density at radius 2 is 1.91 bits per heavy atom. The van der Waals surface area contributed by atoms with Gasteiger partial charge < -0.3 is 30.7 Å². The minimum absolute atomic E-state index is 0.268. The third kappa shape index (κ3) is 5.87. The molecule has 0 radical (unpaired) electrons. The fraction of sp³-hybridized carbons (Fsp3) is 0.458. The molecule has 0 spiro atoms. The molecule has 4 rings (SSSR count). The highest BCUT2D eigenvalue weighted by Gasteiger charge is 2.24. The molecule has 3 aromatic rings. The van der Waals surface area contributed by atoms with Gasteiger partial charge in [0, 0.05) is 55.4 Å². The number of para-hydroxylation sites is 1. The standard InChI is InChI=1S/C24H33N7O2S/c1-16(2)8-9-25-23(33)29-21(18-14-26-19-7-5-4-6-17(18)19)28-22(32)20-15-27-24(34-20)31-12-10-30(3)11-13-31/h4-7,14-16,21,26H,8-13H2,1-3H3,(H,28,32)(H2,25,29,33). The van der Waals surface area contributed by atoms with Crippen LogP contribution < -0.4 is 20.9 Å². The molecule has 1 aromatic carbocycles. The van der Waals surface area contributed by atoms with Crippen LogP contribution in [0.5, 0.6) is 0 Å². The number of likely N-dealkylation sites (N-methyl/N-ethyl adjacent to an activating group) is 1. The Morgan fingerprint density at radius 1 is 1.15 bits per heavy atom. The number of carbonyl (C=O) groups is 2. The second kappa shape index (κ2) is 10.9. The van der Waals surface area contributed by atoms with Crippen LogP contribution >= 0.6 is 11.3 Å². The van der Waals surface area contributed by atoms with E-state index in [9.17, 15) is 9.59 Å². The Labute approximate surface area is 203 Å². The van der Waals surface area contributed by atoms with Gasteiger partial charge in [-0.3, -0.25) is 4.79 Å². The average Bonchev–Trinajstić information content (AvgIpc) is 3.47. The second-order valence-corrected chi connectivity index (χ2v) is 10.1. The Kier molecular flexibility index (Phi) is 7.69. The number of nitrogens with zero attached hydrogens (tertiary/aromatic N) is 3. The normalized spacial score (nSPS) is 15.5. The number of aromatic nitrogens is 2. The van der Waals surface area contributed by atoms with Crippen LogP contribution in [0.4, 0.5) is 9.93 Å². The average molecular weight is 484 g/mol. The third-order valence-electron chi connectivity index (χ3n) is 5.98. The number of aromatic amines is 1. The summed E-state index contributed by atoms with van der Waals surface area (Å²) in [5.74, 6) is 0.223. The van der Waals surface area contributed by atoms with Crippen molar-refractivity contribution in [3.05, 3.63) is 47.1 Å². The number of anilines is 1. The van der Waals surface area contributed by atoms with Crippen molar-refractivity contribution in [2.45, 2.75) is 26.4 Å². The summed E-state index contributed by atoms with van der Waals surface area (Å²) >= 11 is 1.38. The number of H-pyrrole nitrogens is 1. The van der Waals surface area contributed by atoms with Gasteiger partial charge in [-0.25, -0.2) is 9.78 Å². The molecule has 3 amide bonds. The molecule has 1 unspecified atom stereocenters. The SMILES string of the molecule is CC(C)CCNC(=O)NC(NC(=O)c1cnc(N2CCN(C)CC2)s1)c1c[nH]c2ccccc12. The first kappa shape index (κ1) is 24.0. The lowest BCUT2D eigenvalue weighted by molar-refractivity contribution is 0.0936. The van der Waals surface area contributed by atoms with Crippen LogP contribution in [-0.2, 0) is 0 Å². The van der Waals surface area contributed by atoms with Crippen molar-refractivity contribution < 1.29 is 9.59 Å². The summed E-state index contributed by atoms with van der Waals surface area (Å²) in [6, 6.07) is 7.49. The van der Waals surface area contributed by atoms with E-state index in [0.717, 1.165) is 54.2 Å². The molecule has 4 N–H and O–H groups in total. The molecule has 3 heterocycles. The van der Waals surface area contributed by atoms with Gasteiger partial charge in [0.15, 0.2) is 5.13 Å². The molecule has 1 aliphatic heterocycles. The molecule has 9 nitrogen and oxygen atoms in total. The fourth-order valence-corrected chi connectivity index (χ4v) is 4.77. The van der Waals surface area contributed by atoms with E-state index in [0.29, 0.717) is 17.3 Å². The molecule has 1 atom stereocenters. The summed E-state index contributed by atoms with van der Waals surface area (Å²) in [5, 5.41) is 10.6. The lowest BCUT2D eigenvalue weighted by atomic mass is 10.1. The molecular weight excluding hydrogens is 450 g/mol. The van der Waals surface area contributed by atoms with Gasteiger partial charge in [0.1, 0.15) is 11.0 Å². The quantitative estimate of drug-likeness (QED) is 0.369. The van der Waals surface area contributed by atoms with Crippen molar-refractivity contribution in [3.63, 3.8) is 0 Å². The number of piperazine rings is 1. The summed E-state index contributed by atoms with van der Waals surface area (Å²) in [7, 11) is 2.11. The smallest absolute Gasteiger partial charge is 0.316 e. The molecule has 1 aliphatic rings. The maximum absolute atomic E-state index is 13.2. The van der Waals surface area contributed by atoms with Gasteiger partial charge >= 0.3 is 6.03 Å². The van der Waals surface area contributed by atoms with Crippen molar-refractivity contribution in [2.24, 2.45) is 5.92 Å². The maximum Gasteiger partial charge on any atom is 0.316 e. The topological polar surface area (TPSA) is 105 Å². The Morgan fingerprint density at radius 3 is 2.68 bits per heavy atom. The van der Waals surface area contributed by atoms with Crippen molar-refractivity contribution in [1.29, 1.82) is 0 Å². The number of fused-ring (bicyclic) bond motifs is 1. The third-order valence-corrected chi connectivity index (χ3v) is 7.04. The molecule has 10 heteroatoms. The van der Waals surface area contributed by atoms with Gasteiger partial charge in [-0.15, -0.1) is 0 Å². The van der Waals surface area contributed by atoms with Crippen LogP contribution in [0.1, 0.15) is 41.7 Å². The van der Waals surface area contributed by atoms with Crippen molar-refractivity contribution in [1.82, 2.24) is 30.8 Å². The fourth-order valence-electron chi connectivity index (χ4n) is 3.90. The van der Waals surface area contributed by atoms with E-state index in [-0.39, 0.29) is 11.9 Å². The van der Waals surface area contributed by atoms with Crippen LogP contribution in [0.2, 0.25) is 0 Å². The number of amides is 3. The first-order chi connectivity index (χ1) is 16.4. The second-order valence-electron chi connectivity index (χ2n) is 9.08. The first-order valence-corrected chi connectivity index (χ1v) is 12.5. The zero-order valence-electron chi connectivity index (χ0n) is 19.9. The molecule has 1 saturated heterocycles. The van der Waals surface area contributed by atoms with Gasteiger partial charge in [-0.05, 0) is 25.5 Å². The Hall–Kier alpha value is -3.11. The number of nitrogens with one attached hydrogen (secondary N) is 4. The summed E-state index contributed by atoms with van der Waals surface area (Å²) in [6.07, 6.45) is 3.62. The first-order valence-electron chi connectivity index (χ1n) is 11.7. The number of urea groups is 1. The zero-order chi connectivity index (χ0) is 24.1. The van der Waals surface area contributed by atoms with Crippen LogP contribution in [0.15, 0.2) is 36.7 Å². The lowest BCUT2D eigenvalue weighted by Gasteiger charge is -2.32. The van der Waals surface area contributed by atoms with Gasteiger partial charge in [0.2, 0.25) is 0 Å². The number of hydrogen-bond donors (Lipinski definition) is 4. The van der Waals surface area contributed by atoms with Crippen molar-refractivity contribution >= 4 is 39.3 Å². The predicted octanol–water partition coefficient (Wildman–Crippen LogP) is 3.15. The van der Waals surface area contributed by atoms with E-state index in [4.69, 9.17) is 0 Å². The highest BCUT2D eigenvalue weighted by atomic mass is 32.1. The van der Waals surface area contributed by atoms with Crippen molar-refractivity contribution in [3.8, 4) is 0 Å². The molecule has 182 valence electrons. The van der Waals surface area contributed by atoms with Crippen LogP contribution in [0, 0.1) is 5.92 Å². The Balaban J connectivity index is 1.49. The molecule has 2 aromatic heterocycles. The molecule has 0 aliphatic carbocycles. The van der Waals surface area contributed by atoms with E-state index in [2.05, 4.69) is 56.6 Å². The van der Waals surface area contributed by atoms with Crippen LogP contribution in [0.3, 0.4) is 0 Å². The van der Waals surface area contributed by atoms with Crippen LogP contribution in [-0.4, -0.2) is 66.6 Å². The largest absolute Gasteiger partial charge is 0.361 e. The van der Waals surface area contributed by atoms with Crippen molar-refractivity contribution in [2.75, 3.05) is 44.7 Å². The number of benzene rings is 1. The van der Waals surface area contributed by atoms with Gasteiger partial charge in [-0.2, -0.15) is 0 Å². The van der Waals surface area contributed by atoms with E-state index in [1.54, 1.807) is 6.20 Å². The zero-order valence-corrected chi connectivity index (χ0v) is 20.7. The Bertz CT molecular complexity index is 1120. The summed E-state index contributed by atoms with van der Waals surface area (Å²) in [5.41, 5.74) is 1.74. The highest BCUT2D eigenvalue weighted by Crippen LogP contribution is 2.26. The van der Waals surface area contributed by atoms with Gasteiger partial charge in [0.05, 0.1) is 6.20 Å². The number of thiazole rings is 1. The summed E-state index contributed by atoms with van der Waals surface area (Å²) in [6.45, 7) is 8.52. The number of carbonyl (C=O) groups excluding carboxylic acids is 2. The minimum atomic E-state index is -0.697. The van der Waals surface area contributed by atoms with Gasteiger partial charge in [0.25, 0.3) is 5.91 Å².